The molecule has 72 valence electrons. The molecule has 5 heteroatoms. The summed E-state index contributed by atoms with van der Waals surface area (Å²) in [6, 6.07) is -0.0903. The first-order valence-corrected chi connectivity index (χ1v) is 4.68. The van der Waals surface area contributed by atoms with E-state index in [1.165, 1.54) is 6.42 Å². The van der Waals surface area contributed by atoms with E-state index in [0.717, 1.165) is 18.7 Å². The van der Waals surface area contributed by atoms with Gasteiger partial charge in [-0.15, -0.1) is 5.10 Å². The van der Waals surface area contributed by atoms with Gasteiger partial charge in [-0.25, -0.2) is 4.68 Å². The Morgan fingerprint density at radius 1 is 1.54 bits per heavy atom. The van der Waals surface area contributed by atoms with E-state index in [1.54, 1.807) is 0 Å². The van der Waals surface area contributed by atoms with Crippen LogP contribution in [0.25, 0.3) is 0 Å². The third kappa shape index (κ3) is 1.23. The zero-order valence-electron chi connectivity index (χ0n) is 8.06. The summed E-state index contributed by atoms with van der Waals surface area (Å²) in [4.78, 5) is 0. The molecule has 0 amide bonds. The molecule has 1 aliphatic rings. The normalized spacial score (nSPS) is 22.4. The molecular weight excluding hydrogens is 166 g/mol. The summed E-state index contributed by atoms with van der Waals surface area (Å²) in [5.74, 6) is 0.794. The number of hydrogen-bond acceptors (Lipinski definition) is 4. The van der Waals surface area contributed by atoms with Crippen molar-refractivity contribution in [1.82, 2.24) is 20.2 Å². The van der Waals surface area contributed by atoms with E-state index < -0.39 is 0 Å². The standard InChI is InChI=1S/C8H15N5/c1-6(9)7-10-11-12-13(7)8(2)4-3-5-8/h6H,3-5,9H2,1-2H3. The monoisotopic (exact) mass is 181 g/mol. The number of hydrogen-bond donors (Lipinski definition) is 1. The Labute approximate surface area is 77.3 Å². The van der Waals surface area contributed by atoms with Crippen molar-refractivity contribution in [1.29, 1.82) is 0 Å². The van der Waals surface area contributed by atoms with Gasteiger partial charge in [0.1, 0.15) is 0 Å². The summed E-state index contributed by atoms with van der Waals surface area (Å²) in [6.45, 7) is 4.09. The Morgan fingerprint density at radius 3 is 2.69 bits per heavy atom. The summed E-state index contributed by atoms with van der Waals surface area (Å²) in [5, 5.41) is 11.6. The average Bonchev–Trinajstić information content (AvgIpc) is 2.47. The van der Waals surface area contributed by atoms with Gasteiger partial charge in [-0.05, 0) is 43.5 Å². The minimum absolute atomic E-state index is 0.0903. The van der Waals surface area contributed by atoms with Gasteiger partial charge in [-0.2, -0.15) is 0 Å². The minimum atomic E-state index is -0.0903. The van der Waals surface area contributed by atoms with Crippen molar-refractivity contribution < 1.29 is 0 Å². The molecule has 0 bridgehead atoms. The SMILES string of the molecule is CC(N)c1nnnn1C1(C)CCC1. The first-order chi connectivity index (χ1) is 6.13. The summed E-state index contributed by atoms with van der Waals surface area (Å²) in [7, 11) is 0. The van der Waals surface area contributed by atoms with Crippen LogP contribution in [-0.4, -0.2) is 20.2 Å². The zero-order chi connectivity index (χ0) is 9.47. The van der Waals surface area contributed by atoms with Crippen LogP contribution in [0.5, 0.6) is 0 Å². The predicted octanol–water partition coefficient (Wildman–Crippen LogP) is 0.592. The first kappa shape index (κ1) is 8.62. The third-order valence-electron chi connectivity index (χ3n) is 2.84. The minimum Gasteiger partial charge on any atom is -0.322 e. The van der Waals surface area contributed by atoms with Gasteiger partial charge in [0.25, 0.3) is 0 Å². The lowest BCUT2D eigenvalue weighted by molar-refractivity contribution is 0.139. The Morgan fingerprint density at radius 2 is 2.23 bits per heavy atom. The largest absolute Gasteiger partial charge is 0.322 e. The second-order valence-corrected chi connectivity index (χ2v) is 4.09. The third-order valence-corrected chi connectivity index (χ3v) is 2.84. The van der Waals surface area contributed by atoms with Crippen LogP contribution in [0.2, 0.25) is 0 Å². The highest BCUT2D eigenvalue weighted by atomic mass is 15.6. The second-order valence-electron chi connectivity index (χ2n) is 4.09. The molecule has 1 aromatic rings. The van der Waals surface area contributed by atoms with Crippen molar-refractivity contribution in [3.63, 3.8) is 0 Å². The van der Waals surface area contributed by atoms with Crippen molar-refractivity contribution >= 4 is 0 Å². The molecule has 1 atom stereocenters. The molecule has 2 N–H and O–H groups in total. The predicted molar refractivity (Wildman–Crippen MR) is 47.9 cm³/mol. The summed E-state index contributed by atoms with van der Waals surface area (Å²) >= 11 is 0. The highest BCUT2D eigenvalue weighted by molar-refractivity contribution is 4.98. The fourth-order valence-electron chi connectivity index (χ4n) is 1.76. The molecule has 0 aromatic carbocycles. The van der Waals surface area contributed by atoms with Gasteiger partial charge < -0.3 is 5.73 Å². The molecule has 1 heterocycles. The quantitative estimate of drug-likeness (QED) is 0.725. The van der Waals surface area contributed by atoms with Crippen LogP contribution in [0.3, 0.4) is 0 Å². The van der Waals surface area contributed by atoms with Gasteiger partial charge in [-0.1, -0.05) is 0 Å². The Kier molecular flexibility index (Phi) is 1.83. The Hall–Kier alpha value is -0.970. The molecule has 0 saturated heterocycles. The molecule has 5 nitrogen and oxygen atoms in total. The Bertz CT molecular complexity index is 299. The lowest BCUT2D eigenvalue weighted by Gasteiger charge is -2.38. The van der Waals surface area contributed by atoms with Crippen LogP contribution in [-0.2, 0) is 5.54 Å². The van der Waals surface area contributed by atoms with Gasteiger partial charge in [0.05, 0.1) is 11.6 Å². The van der Waals surface area contributed by atoms with Crippen LogP contribution in [0.4, 0.5) is 0 Å². The summed E-state index contributed by atoms with van der Waals surface area (Å²) in [6.07, 6.45) is 3.56. The fourth-order valence-corrected chi connectivity index (χ4v) is 1.76. The molecule has 1 fully saturated rings. The van der Waals surface area contributed by atoms with Gasteiger partial charge >= 0.3 is 0 Å². The highest BCUT2D eigenvalue weighted by Gasteiger charge is 2.37. The lowest BCUT2D eigenvalue weighted by atomic mass is 9.78. The van der Waals surface area contributed by atoms with E-state index in [4.69, 9.17) is 5.73 Å². The van der Waals surface area contributed by atoms with Crippen LogP contribution in [0.1, 0.15) is 45.0 Å². The molecule has 1 unspecified atom stereocenters. The van der Waals surface area contributed by atoms with Crippen molar-refractivity contribution in [3.05, 3.63) is 5.82 Å². The molecule has 1 saturated carbocycles. The molecule has 2 rings (SSSR count). The van der Waals surface area contributed by atoms with Gasteiger partial charge in [0, 0.05) is 0 Å². The van der Waals surface area contributed by atoms with E-state index in [9.17, 15) is 0 Å². The van der Waals surface area contributed by atoms with E-state index in [2.05, 4.69) is 22.4 Å². The summed E-state index contributed by atoms with van der Waals surface area (Å²) < 4.78 is 1.89. The van der Waals surface area contributed by atoms with Crippen LogP contribution in [0, 0.1) is 0 Å². The number of tetrazole rings is 1. The van der Waals surface area contributed by atoms with Crippen LogP contribution >= 0.6 is 0 Å². The molecule has 1 aromatic heterocycles. The number of rotatable bonds is 2. The first-order valence-electron chi connectivity index (χ1n) is 4.68. The fraction of sp³-hybridized carbons (Fsp3) is 0.875. The number of nitrogens with zero attached hydrogens (tertiary/aromatic N) is 4. The van der Waals surface area contributed by atoms with Crippen molar-refractivity contribution in [2.24, 2.45) is 5.73 Å². The highest BCUT2D eigenvalue weighted by Crippen LogP contribution is 2.38. The molecule has 0 radical (unpaired) electrons. The molecule has 1 aliphatic carbocycles. The lowest BCUT2D eigenvalue weighted by Crippen LogP contribution is -2.40. The second kappa shape index (κ2) is 2.77. The topological polar surface area (TPSA) is 69.6 Å². The van der Waals surface area contributed by atoms with Crippen LogP contribution < -0.4 is 5.73 Å². The van der Waals surface area contributed by atoms with Crippen molar-refractivity contribution in [2.75, 3.05) is 0 Å². The van der Waals surface area contributed by atoms with Gasteiger partial charge in [0.2, 0.25) is 0 Å². The van der Waals surface area contributed by atoms with Gasteiger partial charge in [0.15, 0.2) is 5.82 Å². The molecular formula is C8H15N5. The smallest absolute Gasteiger partial charge is 0.168 e. The van der Waals surface area contributed by atoms with Gasteiger partial charge in [-0.3, -0.25) is 0 Å². The van der Waals surface area contributed by atoms with Crippen LogP contribution in [0.15, 0.2) is 0 Å². The summed E-state index contributed by atoms with van der Waals surface area (Å²) in [5.41, 5.74) is 5.89. The number of nitrogens with two attached hydrogens (primary N) is 1. The molecule has 13 heavy (non-hydrogen) atoms. The Balaban J connectivity index is 2.34. The van der Waals surface area contributed by atoms with E-state index in [1.807, 2.05) is 11.6 Å². The average molecular weight is 181 g/mol. The van der Waals surface area contributed by atoms with E-state index in [-0.39, 0.29) is 11.6 Å². The van der Waals surface area contributed by atoms with E-state index >= 15 is 0 Å². The maximum Gasteiger partial charge on any atom is 0.168 e. The zero-order valence-corrected chi connectivity index (χ0v) is 8.06. The van der Waals surface area contributed by atoms with E-state index in [0.29, 0.717) is 0 Å². The maximum absolute atomic E-state index is 5.77. The molecule has 0 aliphatic heterocycles. The van der Waals surface area contributed by atoms with Crippen molar-refractivity contribution in [2.45, 2.75) is 44.7 Å². The van der Waals surface area contributed by atoms with Crippen molar-refractivity contribution in [3.8, 4) is 0 Å². The number of aromatic nitrogens is 4. The molecule has 0 spiro atoms. The maximum atomic E-state index is 5.77.